The van der Waals surface area contributed by atoms with Crippen LogP contribution in [-0.2, 0) is 10.2 Å². The van der Waals surface area contributed by atoms with Gasteiger partial charge < -0.3 is 15.1 Å². The van der Waals surface area contributed by atoms with Crippen LogP contribution in [0.1, 0.15) is 46.8 Å². The maximum Gasteiger partial charge on any atom is 0.257 e. The minimum absolute atomic E-state index is 0.109. The number of rotatable bonds is 5. The number of hydrogen-bond donors (Lipinski definition) is 1. The van der Waals surface area contributed by atoms with Crippen molar-refractivity contribution in [1.29, 1.82) is 5.26 Å². The number of nitriles is 1. The predicted octanol–water partition coefficient (Wildman–Crippen LogP) is 4.41. The van der Waals surface area contributed by atoms with Crippen molar-refractivity contribution in [2.45, 2.75) is 43.7 Å². The summed E-state index contributed by atoms with van der Waals surface area (Å²) in [7, 11) is 1.48. The van der Waals surface area contributed by atoms with Crippen LogP contribution in [-0.4, -0.2) is 57.6 Å². The topological polar surface area (TPSA) is 94.3 Å². The third-order valence-corrected chi connectivity index (χ3v) is 8.23. The summed E-state index contributed by atoms with van der Waals surface area (Å²) in [5, 5.41) is 17.6. The quantitative estimate of drug-likeness (QED) is 0.534. The molecule has 1 aliphatic carbocycles. The molecule has 198 valence electrons. The van der Waals surface area contributed by atoms with Crippen LogP contribution in [0.2, 0.25) is 0 Å². The highest BCUT2D eigenvalue weighted by Crippen LogP contribution is 2.50. The monoisotopic (exact) mass is 524 g/mol. The van der Waals surface area contributed by atoms with Gasteiger partial charge in [0.2, 0.25) is 5.91 Å². The minimum Gasteiger partial charge on any atom is -0.358 e. The van der Waals surface area contributed by atoms with E-state index >= 15 is 4.39 Å². The lowest BCUT2D eigenvalue weighted by molar-refractivity contribution is -0.131. The number of aryl methyl sites for hydroxylation is 1. The number of carbonyl (C=O) groups excluding carboxylic acids is 2. The van der Waals surface area contributed by atoms with E-state index in [1.54, 1.807) is 13.1 Å². The number of nitrogens with zero attached hydrogens (tertiary/aromatic N) is 5. The van der Waals surface area contributed by atoms with E-state index in [1.165, 1.54) is 29.0 Å². The zero-order chi connectivity index (χ0) is 27.5. The number of carbonyl (C=O) groups is 2. The minimum atomic E-state index is -0.670. The van der Waals surface area contributed by atoms with Gasteiger partial charge in [-0.15, -0.1) is 0 Å². The summed E-state index contributed by atoms with van der Waals surface area (Å²) in [6.07, 6.45) is 6.26. The molecule has 9 heteroatoms. The molecule has 3 heterocycles. The molecule has 2 amide bonds. The van der Waals surface area contributed by atoms with Crippen molar-refractivity contribution in [3.63, 3.8) is 0 Å². The van der Waals surface area contributed by atoms with Crippen LogP contribution in [0.4, 0.5) is 10.1 Å². The standard InChI is InChI=1S/C30H29FN6O2/c1-18-10-26(31)24(11-23(18)20-14-33-37(15-20)21-8-9-21)29(39)35(3)16-28(38)36-17-30(12-22(36)13-32)19(2)34-27-7-5-4-6-25(27)30/h4-7,10-11,14-15,21-22,34H,2,8-9,12,16-17H2,1,3H3/t22?,30-/m1/s1. The molecule has 0 bridgehead atoms. The summed E-state index contributed by atoms with van der Waals surface area (Å²) in [6, 6.07) is 12.7. The molecular weight excluding hydrogens is 495 g/mol. The molecular formula is C30H29FN6O2. The molecule has 1 spiro atoms. The van der Waals surface area contributed by atoms with Crippen molar-refractivity contribution in [2.75, 3.05) is 25.5 Å². The smallest absolute Gasteiger partial charge is 0.257 e. The predicted molar refractivity (Wildman–Crippen MR) is 144 cm³/mol. The van der Waals surface area contributed by atoms with E-state index in [9.17, 15) is 14.9 Å². The fourth-order valence-electron chi connectivity index (χ4n) is 5.89. The number of amides is 2. The molecule has 1 saturated heterocycles. The van der Waals surface area contributed by atoms with E-state index in [2.05, 4.69) is 23.1 Å². The van der Waals surface area contributed by atoms with E-state index in [1.807, 2.05) is 35.1 Å². The Bertz CT molecular complexity index is 1570. The van der Waals surface area contributed by atoms with Gasteiger partial charge in [0.05, 0.1) is 35.8 Å². The van der Waals surface area contributed by atoms with Crippen LogP contribution in [0.3, 0.4) is 0 Å². The molecule has 0 radical (unpaired) electrons. The Hall–Kier alpha value is -4.45. The van der Waals surface area contributed by atoms with E-state index in [4.69, 9.17) is 0 Å². The zero-order valence-corrected chi connectivity index (χ0v) is 21.9. The number of nitrogens with one attached hydrogen (secondary N) is 1. The third kappa shape index (κ3) is 4.07. The van der Waals surface area contributed by atoms with E-state index < -0.39 is 23.2 Å². The number of aromatic nitrogens is 2. The number of anilines is 1. The molecule has 2 aliphatic heterocycles. The van der Waals surface area contributed by atoms with E-state index in [0.29, 0.717) is 18.0 Å². The molecule has 8 nitrogen and oxygen atoms in total. The lowest BCUT2D eigenvalue weighted by Crippen LogP contribution is -2.44. The Morgan fingerprint density at radius 2 is 2.08 bits per heavy atom. The lowest BCUT2D eigenvalue weighted by atomic mass is 9.78. The molecule has 1 saturated carbocycles. The van der Waals surface area contributed by atoms with E-state index in [0.717, 1.165) is 40.9 Å². The van der Waals surface area contributed by atoms with Crippen LogP contribution in [0, 0.1) is 24.1 Å². The molecule has 2 aromatic carbocycles. The Morgan fingerprint density at radius 3 is 2.82 bits per heavy atom. The molecule has 1 unspecified atom stereocenters. The van der Waals surface area contributed by atoms with Crippen LogP contribution < -0.4 is 5.32 Å². The largest absolute Gasteiger partial charge is 0.358 e. The average molecular weight is 525 g/mol. The number of benzene rings is 2. The summed E-state index contributed by atoms with van der Waals surface area (Å²) < 4.78 is 16.9. The second kappa shape index (κ2) is 9.09. The Labute approximate surface area is 226 Å². The van der Waals surface area contributed by atoms with Crippen molar-refractivity contribution in [1.82, 2.24) is 19.6 Å². The first kappa shape index (κ1) is 24.9. The van der Waals surface area contributed by atoms with Gasteiger partial charge in [-0.05, 0) is 61.1 Å². The number of para-hydroxylation sites is 1. The maximum absolute atomic E-state index is 15.0. The van der Waals surface area contributed by atoms with Gasteiger partial charge in [0, 0.05) is 36.7 Å². The molecule has 6 rings (SSSR count). The van der Waals surface area contributed by atoms with Crippen molar-refractivity contribution in [3.8, 4) is 17.2 Å². The second-order valence-corrected chi connectivity index (χ2v) is 10.9. The summed E-state index contributed by atoms with van der Waals surface area (Å²) in [5.74, 6) is -1.61. The maximum atomic E-state index is 15.0. The van der Waals surface area contributed by atoms with Gasteiger partial charge in [-0.25, -0.2) is 4.39 Å². The zero-order valence-electron chi connectivity index (χ0n) is 21.9. The van der Waals surface area contributed by atoms with Gasteiger partial charge in [-0.3, -0.25) is 14.3 Å². The van der Waals surface area contributed by atoms with Crippen molar-refractivity contribution in [3.05, 3.63) is 83.6 Å². The summed E-state index contributed by atoms with van der Waals surface area (Å²) in [5.41, 5.74) is 4.25. The molecule has 2 fully saturated rings. The lowest BCUT2D eigenvalue weighted by Gasteiger charge is -2.27. The number of likely N-dealkylation sites (tertiary alicyclic amines) is 1. The number of halogens is 1. The van der Waals surface area contributed by atoms with E-state index in [-0.39, 0.29) is 24.6 Å². The van der Waals surface area contributed by atoms with Crippen molar-refractivity contribution >= 4 is 17.5 Å². The molecule has 1 aromatic heterocycles. The first-order chi connectivity index (χ1) is 18.7. The number of hydrogen-bond acceptors (Lipinski definition) is 5. The SMILES string of the molecule is C=C1Nc2ccccc2[C@@]12CC(C#N)N(C(=O)CN(C)C(=O)c1cc(-c3cnn(C4CC4)c3)c(C)cc1F)C2. The van der Waals surface area contributed by atoms with Crippen LogP contribution in [0.25, 0.3) is 11.1 Å². The van der Waals surface area contributed by atoms with Gasteiger partial charge in [-0.2, -0.15) is 10.4 Å². The first-order valence-corrected chi connectivity index (χ1v) is 13.1. The van der Waals surface area contributed by atoms with Gasteiger partial charge in [-0.1, -0.05) is 24.8 Å². The van der Waals surface area contributed by atoms with Gasteiger partial charge in [0.1, 0.15) is 11.9 Å². The van der Waals surface area contributed by atoms with Gasteiger partial charge in [0.15, 0.2) is 0 Å². The van der Waals surface area contributed by atoms with Crippen molar-refractivity contribution in [2.24, 2.45) is 0 Å². The van der Waals surface area contributed by atoms with Crippen LogP contribution >= 0.6 is 0 Å². The fourth-order valence-corrected chi connectivity index (χ4v) is 5.89. The summed E-state index contributed by atoms with van der Waals surface area (Å²) >= 11 is 0. The highest BCUT2D eigenvalue weighted by Gasteiger charge is 2.52. The Kier molecular flexibility index (Phi) is 5.79. The van der Waals surface area contributed by atoms with Gasteiger partial charge >= 0.3 is 0 Å². The molecule has 1 N–H and O–H groups in total. The average Bonchev–Trinajstić information content (AvgIpc) is 3.41. The van der Waals surface area contributed by atoms with Gasteiger partial charge in [0.25, 0.3) is 5.91 Å². The molecule has 2 atom stereocenters. The Morgan fingerprint density at radius 1 is 1.31 bits per heavy atom. The summed E-state index contributed by atoms with van der Waals surface area (Å²) in [4.78, 5) is 29.5. The Balaban J connectivity index is 1.22. The third-order valence-electron chi connectivity index (χ3n) is 8.23. The second-order valence-electron chi connectivity index (χ2n) is 10.9. The highest BCUT2D eigenvalue weighted by atomic mass is 19.1. The number of likely N-dealkylation sites (N-methyl/N-ethyl adjacent to an activating group) is 1. The normalized spacial score (nSPS) is 21.5. The number of fused-ring (bicyclic) bond motifs is 2. The summed E-state index contributed by atoms with van der Waals surface area (Å²) in [6.45, 7) is 5.98. The van der Waals surface area contributed by atoms with Crippen molar-refractivity contribution < 1.29 is 14.0 Å². The fraction of sp³-hybridized carbons (Fsp3) is 0.333. The first-order valence-electron chi connectivity index (χ1n) is 13.1. The molecule has 39 heavy (non-hydrogen) atoms. The highest BCUT2D eigenvalue weighted by molar-refractivity contribution is 5.98. The van der Waals surface area contributed by atoms with Crippen LogP contribution in [0.15, 0.2) is 61.1 Å². The molecule has 3 aromatic rings. The molecule has 3 aliphatic rings. The van der Waals surface area contributed by atoms with Crippen LogP contribution in [0.5, 0.6) is 0 Å².